The Morgan fingerprint density at radius 1 is 1.03 bits per heavy atom. The summed E-state index contributed by atoms with van der Waals surface area (Å²) in [5.74, 6) is 2.84. The van der Waals surface area contributed by atoms with E-state index in [-0.39, 0.29) is 42.2 Å². The van der Waals surface area contributed by atoms with E-state index in [1.54, 1.807) is 0 Å². The average molecular weight is 437 g/mol. The lowest BCUT2D eigenvalue weighted by molar-refractivity contribution is -0.174. The van der Waals surface area contributed by atoms with E-state index in [1.165, 1.54) is 25.7 Å². The third-order valence-electron chi connectivity index (χ3n) is 10.6. The maximum absolute atomic E-state index is 11.9. The predicted molar refractivity (Wildman–Crippen MR) is 119 cm³/mol. The molecule has 10 atom stereocenters. The molecule has 4 unspecified atom stereocenters. The Kier molecular flexibility index (Phi) is 6.78. The van der Waals surface area contributed by atoms with Crippen molar-refractivity contribution in [2.45, 2.75) is 97.2 Å². The van der Waals surface area contributed by atoms with Gasteiger partial charge in [0.2, 0.25) is 0 Å². The van der Waals surface area contributed by atoms with Crippen molar-refractivity contribution in [2.75, 3.05) is 13.2 Å². The van der Waals surface area contributed by atoms with Gasteiger partial charge in [0.05, 0.1) is 18.8 Å². The first-order valence-electron chi connectivity index (χ1n) is 12.8. The second kappa shape index (κ2) is 8.95. The van der Waals surface area contributed by atoms with Crippen LogP contribution in [0, 0.1) is 46.3 Å². The van der Waals surface area contributed by atoms with Gasteiger partial charge in [-0.15, -0.1) is 0 Å². The molecule has 4 fully saturated rings. The Bertz CT molecular complexity index is 652. The summed E-state index contributed by atoms with van der Waals surface area (Å²) in [6, 6.07) is 0. The van der Waals surface area contributed by atoms with E-state index in [9.17, 15) is 15.0 Å². The van der Waals surface area contributed by atoms with E-state index >= 15 is 0 Å². The molecule has 0 radical (unpaired) electrons. The monoisotopic (exact) mass is 436 g/mol. The normalized spacial score (nSPS) is 47.7. The van der Waals surface area contributed by atoms with Crippen molar-refractivity contribution in [1.82, 2.24) is 0 Å². The first-order valence-corrected chi connectivity index (χ1v) is 12.8. The van der Waals surface area contributed by atoms with E-state index in [2.05, 4.69) is 20.8 Å². The first kappa shape index (κ1) is 23.5. The highest BCUT2D eigenvalue weighted by Crippen LogP contribution is 2.68. The molecule has 4 saturated carbocycles. The quantitative estimate of drug-likeness (QED) is 0.549. The molecule has 4 aliphatic rings. The van der Waals surface area contributed by atoms with E-state index < -0.39 is 0 Å². The van der Waals surface area contributed by atoms with Gasteiger partial charge in [0.1, 0.15) is 6.61 Å². The molecular weight excluding hydrogens is 392 g/mol. The number of hydrogen-bond donors (Lipinski definition) is 3. The molecule has 0 saturated heterocycles. The highest BCUT2D eigenvalue weighted by atomic mass is 16.5. The Hall–Kier alpha value is -0.650. The molecule has 0 amide bonds. The summed E-state index contributed by atoms with van der Waals surface area (Å²) in [7, 11) is 0. The summed E-state index contributed by atoms with van der Waals surface area (Å²) in [6.45, 7) is 7.20. The molecule has 5 nitrogen and oxygen atoms in total. The van der Waals surface area contributed by atoms with Gasteiger partial charge < -0.3 is 20.1 Å². The Balaban J connectivity index is 1.46. The third kappa shape index (κ3) is 4.08. The van der Waals surface area contributed by atoms with Gasteiger partial charge in [-0.05, 0) is 104 Å². The number of hydrogen-bond acceptors (Lipinski definition) is 5. The van der Waals surface area contributed by atoms with Crippen LogP contribution in [0.3, 0.4) is 0 Å². The van der Waals surface area contributed by atoms with Crippen LogP contribution in [-0.2, 0) is 9.53 Å². The van der Waals surface area contributed by atoms with Gasteiger partial charge in [-0.1, -0.05) is 20.8 Å². The highest BCUT2D eigenvalue weighted by molar-refractivity contribution is 5.69. The van der Waals surface area contributed by atoms with Crippen LogP contribution in [0.1, 0.15) is 85.0 Å². The van der Waals surface area contributed by atoms with Gasteiger partial charge in [0.25, 0.3) is 0 Å². The van der Waals surface area contributed by atoms with Crippen LogP contribution in [0.25, 0.3) is 0 Å². The van der Waals surface area contributed by atoms with Gasteiger partial charge in [0, 0.05) is 6.42 Å². The van der Waals surface area contributed by atoms with E-state index in [0.717, 1.165) is 32.1 Å². The van der Waals surface area contributed by atoms with Crippen molar-refractivity contribution in [2.24, 2.45) is 46.3 Å². The fourth-order valence-corrected chi connectivity index (χ4v) is 8.95. The third-order valence-corrected chi connectivity index (χ3v) is 10.6. The minimum absolute atomic E-state index is 0.0914. The van der Waals surface area contributed by atoms with Gasteiger partial charge in [-0.3, -0.25) is 4.79 Å². The van der Waals surface area contributed by atoms with Crippen molar-refractivity contribution in [3.63, 3.8) is 0 Å². The molecule has 0 aromatic carbocycles. The summed E-state index contributed by atoms with van der Waals surface area (Å²) in [6.07, 6.45) is 9.40. The second-order valence-electron chi connectivity index (χ2n) is 11.9. The van der Waals surface area contributed by atoms with Gasteiger partial charge in [0.15, 0.2) is 0 Å². The Labute approximate surface area is 187 Å². The number of carbonyl (C=O) groups is 1. The number of aliphatic hydroxyl groups is 3. The number of fused-ring (bicyclic) bond motifs is 5. The molecule has 5 heteroatoms. The van der Waals surface area contributed by atoms with Crippen LogP contribution in [0.15, 0.2) is 0 Å². The summed E-state index contributed by atoms with van der Waals surface area (Å²) >= 11 is 0. The molecular formula is C26H44O5. The average Bonchev–Trinajstić information content (AvgIpc) is 3.09. The van der Waals surface area contributed by atoms with Crippen LogP contribution in [0.5, 0.6) is 0 Å². The summed E-state index contributed by atoms with van der Waals surface area (Å²) < 4.78 is 5.05. The molecule has 3 N–H and O–H groups in total. The molecule has 4 rings (SSSR count). The summed E-state index contributed by atoms with van der Waals surface area (Å²) in [4.78, 5) is 11.9. The number of rotatable bonds is 6. The fraction of sp³-hybridized carbons (Fsp3) is 0.962. The standard InChI is InChI=1S/C26H44O5/c1-16(4-7-23(30)31-13-12-27)19-5-6-20-24-21(9-11-26(19,20)3)25(2)10-8-18(28)14-17(25)15-22(24)29/h16-22,24,27-29H,4-15H2,1-3H3/t16-,17?,18+,19-,20?,21?,22+,24?,25+,26-/m1/s1. The molecule has 0 heterocycles. The molecule has 0 aliphatic heterocycles. The Morgan fingerprint density at radius 3 is 2.48 bits per heavy atom. The molecule has 178 valence electrons. The van der Waals surface area contributed by atoms with Crippen LogP contribution in [-0.4, -0.2) is 46.7 Å². The predicted octanol–water partition coefficient (Wildman–Crippen LogP) is 3.93. The lowest BCUT2D eigenvalue weighted by Gasteiger charge is -2.62. The van der Waals surface area contributed by atoms with Crippen LogP contribution in [0.4, 0.5) is 0 Å². The van der Waals surface area contributed by atoms with E-state index in [1.807, 2.05) is 0 Å². The second-order valence-corrected chi connectivity index (χ2v) is 11.9. The molecule has 0 spiro atoms. The fourth-order valence-electron chi connectivity index (χ4n) is 8.95. The van der Waals surface area contributed by atoms with Crippen molar-refractivity contribution in [3.05, 3.63) is 0 Å². The van der Waals surface area contributed by atoms with Crippen molar-refractivity contribution in [1.29, 1.82) is 0 Å². The maximum Gasteiger partial charge on any atom is 0.305 e. The molecule has 0 aromatic heterocycles. The zero-order valence-electron chi connectivity index (χ0n) is 19.8. The Morgan fingerprint density at radius 2 is 1.74 bits per heavy atom. The van der Waals surface area contributed by atoms with Gasteiger partial charge >= 0.3 is 5.97 Å². The molecule has 0 bridgehead atoms. The topological polar surface area (TPSA) is 87.0 Å². The minimum Gasteiger partial charge on any atom is -0.463 e. The van der Waals surface area contributed by atoms with Crippen LogP contribution >= 0.6 is 0 Å². The largest absolute Gasteiger partial charge is 0.463 e. The summed E-state index contributed by atoms with van der Waals surface area (Å²) in [5, 5.41) is 30.4. The highest BCUT2D eigenvalue weighted by Gasteiger charge is 2.62. The maximum atomic E-state index is 11.9. The lowest BCUT2D eigenvalue weighted by Crippen LogP contribution is -2.58. The number of carbonyl (C=O) groups excluding carboxylic acids is 1. The number of aliphatic hydroxyl groups excluding tert-OH is 3. The van der Waals surface area contributed by atoms with Crippen LogP contribution in [0.2, 0.25) is 0 Å². The van der Waals surface area contributed by atoms with Crippen LogP contribution < -0.4 is 0 Å². The molecule has 4 aliphatic carbocycles. The smallest absolute Gasteiger partial charge is 0.305 e. The van der Waals surface area contributed by atoms with E-state index in [0.29, 0.717) is 41.9 Å². The lowest BCUT2D eigenvalue weighted by atomic mass is 9.43. The zero-order chi connectivity index (χ0) is 22.4. The SMILES string of the molecule is C[C@H](CCC(=O)OCCO)[C@H]1CCC2C3C(CC[C@@]21C)[C@@]1(C)CC[C@H](O)CC1C[C@@H]3O. The van der Waals surface area contributed by atoms with Crippen molar-refractivity contribution < 1.29 is 24.9 Å². The number of ether oxygens (including phenoxy) is 1. The van der Waals surface area contributed by atoms with Gasteiger partial charge in [-0.2, -0.15) is 0 Å². The summed E-state index contributed by atoms with van der Waals surface area (Å²) in [5.41, 5.74) is 0.512. The first-order chi connectivity index (χ1) is 14.7. The molecule has 31 heavy (non-hydrogen) atoms. The molecule has 0 aromatic rings. The zero-order valence-corrected chi connectivity index (χ0v) is 19.8. The minimum atomic E-state index is -0.236. The number of esters is 1. The van der Waals surface area contributed by atoms with Crippen molar-refractivity contribution >= 4 is 5.97 Å². The van der Waals surface area contributed by atoms with Crippen molar-refractivity contribution in [3.8, 4) is 0 Å². The van der Waals surface area contributed by atoms with Gasteiger partial charge in [-0.25, -0.2) is 0 Å². The van der Waals surface area contributed by atoms with E-state index in [4.69, 9.17) is 9.84 Å².